The molecule has 7 heteroatoms. The van der Waals surface area contributed by atoms with Crippen molar-refractivity contribution in [2.24, 2.45) is 0 Å². The molecule has 0 saturated carbocycles. The Labute approximate surface area is 133 Å². The summed E-state index contributed by atoms with van der Waals surface area (Å²) >= 11 is 0. The van der Waals surface area contributed by atoms with E-state index in [4.69, 9.17) is 10.5 Å². The van der Waals surface area contributed by atoms with Crippen LogP contribution in [0.3, 0.4) is 0 Å². The number of rotatable bonds is 4. The van der Waals surface area contributed by atoms with Gasteiger partial charge in [0.15, 0.2) is 0 Å². The number of nitrogens with one attached hydrogen (secondary N) is 1. The monoisotopic (exact) mass is 330 g/mol. The van der Waals surface area contributed by atoms with Gasteiger partial charge in [-0.05, 0) is 51.0 Å². The number of benzene rings is 1. The van der Waals surface area contributed by atoms with E-state index in [2.05, 4.69) is 5.32 Å². The van der Waals surface area contributed by atoms with E-state index in [9.17, 15) is 18.0 Å². The largest absolute Gasteiger partial charge is 0.444 e. The van der Waals surface area contributed by atoms with Gasteiger partial charge in [0.05, 0.1) is 5.56 Å². The second kappa shape index (κ2) is 7.39. The number of hydrogen-bond acceptors (Lipinski definition) is 3. The zero-order valence-electron chi connectivity index (χ0n) is 13.3. The first-order valence-electron chi connectivity index (χ1n) is 7.09. The quantitative estimate of drug-likeness (QED) is 0.642. The molecule has 0 heterocycles. The molecule has 3 N–H and O–H groups in total. The predicted octanol–water partition coefficient (Wildman–Crippen LogP) is 4.22. The van der Waals surface area contributed by atoms with Crippen molar-refractivity contribution in [3.05, 3.63) is 35.4 Å². The number of alkyl halides is 3. The maximum Gasteiger partial charge on any atom is 0.416 e. The number of carbonyl (C=O) groups is 1. The number of halogens is 3. The molecule has 0 aliphatic heterocycles. The van der Waals surface area contributed by atoms with Gasteiger partial charge in [0.25, 0.3) is 0 Å². The molecular formula is C16H21F3N2O2. The van der Waals surface area contributed by atoms with Crippen molar-refractivity contribution in [2.45, 2.75) is 39.0 Å². The van der Waals surface area contributed by atoms with Crippen molar-refractivity contribution >= 4 is 17.9 Å². The molecule has 0 spiro atoms. The van der Waals surface area contributed by atoms with Gasteiger partial charge in [0.1, 0.15) is 5.60 Å². The fourth-order valence-electron chi connectivity index (χ4n) is 1.68. The van der Waals surface area contributed by atoms with Gasteiger partial charge in [-0.3, -0.25) is 0 Å². The molecular weight excluding hydrogens is 309 g/mol. The summed E-state index contributed by atoms with van der Waals surface area (Å²) in [5, 5.41) is 2.55. The Balaban J connectivity index is 2.54. The summed E-state index contributed by atoms with van der Waals surface area (Å²) in [6.45, 7) is 5.57. The summed E-state index contributed by atoms with van der Waals surface area (Å²) in [5.41, 5.74) is 4.88. The lowest BCUT2D eigenvalue weighted by molar-refractivity contribution is -0.137. The third kappa shape index (κ3) is 7.08. The van der Waals surface area contributed by atoms with Gasteiger partial charge in [-0.25, -0.2) is 4.79 Å². The van der Waals surface area contributed by atoms with Crippen LogP contribution in [0.25, 0.3) is 6.08 Å². The number of amides is 1. The van der Waals surface area contributed by atoms with E-state index in [-0.39, 0.29) is 11.3 Å². The lowest BCUT2D eigenvalue weighted by Gasteiger charge is -2.19. The number of nitrogens with two attached hydrogens (primary N) is 1. The number of carbonyl (C=O) groups excluding carboxylic acids is 1. The minimum atomic E-state index is -4.41. The van der Waals surface area contributed by atoms with Gasteiger partial charge in [-0.1, -0.05) is 12.2 Å². The smallest absolute Gasteiger partial charge is 0.416 e. The van der Waals surface area contributed by atoms with Crippen LogP contribution in [0, 0.1) is 0 Å². The van der Waals surface area contributed by atoms with Gasteiger partial charge in [0.2, 0.25) is 0 Å². The van der Waals surface area contributed by atoms with Gasteiger partial charge in [0, 0.05) is 12.2 Å². The maximum atomic E-state index is 12.6. The van der Waals surface area contributed by atoms with Crippen LogP contribution in [0.1, 0.15) is 38.3 Å². The Morgan fingerprint density at radius 1 is 1.30 bits per heavy atom. The second-order valence-corrected chi connectivity index (χ2v) is 5.96. The molecule has 0 saturated heterocycles. The third-order valence-electron chi connectivity index (χ3n) is 2.69. The van der Waals surface area contributed by atoms with Crippen molar-refractivity contribution in [3.63, 3.8) is 0 Å². The summed E-state index contributed by atoms with van der Waals surface area (Å²) in [7, 11) is 0. The summed E-state index contributed by atoms with van der Waals surface area (Å²) in [6.07, 6.45) is -1.36. The van der Waals surface area contributed by atoms with Crippen LogP contribution in [0.5, 0.6) is 0 Å². The maximum absolute atomic E-state index is 12.6. The molecule has 1 aromatic carbocycles. The highest BCUT2D eigenvalue weighted by Gasteiger charge is 2.30. The second-order valence-electron chi connectivity index (χ2n) is 5.96. The van der Waals surface area contributed by atoms with E-state index in [1.807, 2.05) is 0 Å². The third-order valence-corrected chi connectivity index (χ3v) is 2.69. The number of hydrogen-bond donors (Lipinski definition) is 2. The molecule has 0 aromatic heterocycles. The Kier molecular flexibility index (Phi) is 6.06. The summed E-state index contributed by atoms with van der Waals surface area (Å²) < 4.78 is 43.0. The lowest BCUT2D eigenvalue weighted by Crippen LogP contribution is -2.32. The fraction of sp³-hybridized carbons (Fsp3) is 0.438. The number of anilines is 1. The van der Waals surface area contributed by atoms with Crippen LogP contribution >= 0.6 is 0 Å². The lowest BCUT2D eigenvalue weighted by atomic mass is 10.1. The highest BCUT2D eigenvalue weighted by Crippen LogP contribution is 2.31. The summed E-state index contributed by atoms with van der Waals surface area (Å²) in [4.78, 5) is 11.4. The van der Waals surface area contributed by atoms with E-state index in [1.165, 1.54) is 12.1 Å². The molecule has 4 nitrogen and oxygen atoms in total. The fourth-order valence-corrected chi connectivity index (χ4v) is 1.68. The van der Waals surface area contributed by atoms with Gasteiger partial charge < -0.3 is 15.8 Å². The van der Waals surface area contributed by atoms with Crippen LogP contribution in [0.2, 0.25) is 0 Å². The van der Waals surface area contributed by atoms with Crippen molar-refractivity contribution in [2.75, 3.05) is 12.3 Å². The molecule has 0 fully saturated rings. The SMILES string of the molecule is CC(C)(C)OC(=O)NCCC=Cc1cc(C(F)(F)F)ccc1N. The van der Waals surface area contributed by atoms with E-state index in [1.54, 1.807) is 26.8 Å². The first-order chi connectivity index (χ1) is 10.5. The van der Waals surface area contributed by atoms with Crippen molar-refractivity contribution in [1.82, 2.24) is 5.32 Å². The number of alkyl carbamates (subject to hydrolysis) is 1. The van der Waals surface area contributed by atoms with Crippen LogP contribution in [-0.4, -0.2) is 18.2 Å². The average Bonchev–Trinajstić information content (AvgIpc) is 2.36. The van der Waals surface area contributed by atoms with E-state index >= 15 is 0 Å². The van der Waals surface area contributed by atoms with Gasteiger partial charge in [-0.2, -0.15) is 13.2 Å². The summed E-state index contributed by atoms with van der Waals surface area (Å²) in [6, 6.07) is 3.16. The highest BCUT2D eigenvalue weighted by atomic mass is 19.4. The normalized spacial score (nSPS) is 12.4. The van der Waals surface area contributed by atoms with Gasteiger partial charge >= 0.3 is 12.3 Å². The Hall–Kier alpha value is -2.18. The molecule has 23 heavy (non-hydrogen) atoms. The molecule has 0 bridgehead atoms. The van der Waals surface area contributed by atoms with E-state index < -0.39 is 23.4 Å². The first kappa shape index (κ1) is 18.9. The zero-order valence-corrected chi connectivity index (χ0v) is 13.3. The van der Waals surface area contributed by atoms with Crippen LogP contribution in [0.4, 0.5) is 23.7 Å². The Morgan fingerprint density at radius 2 is 1.96 bits per heavy atom. The molecule has 0 unspecified atom stereocenters. The average molecular weight is 330 g/mol. The molecule has 1 rings (SSSR count). The van der Waals surface area contributed by atoms with E-state index in [0.29, 0.717) is 13.0 Å². The van der Waals surface area contributed by atoms with Crippen LogP contribution in [0.15, 0.2) is 24.3 Å². The molecule has 1 amide bonds. The minimum Gasteiger partial charge on any atom is -0.444 e. The molecule has 128 valence electrons. The first-order valence-corrected chi connectivity index (χ1v) is 7.09. The Bertz CT molecular complexity index is 576. The highest BCUT2D eigenvalue weighted by molar-refractivity contribution is 5.68. The number of nitrogen functional groups attached to an aromatic ring is 1. The van der Waals surface area contributed by atoms with Gasteiger partial charge in [-0.15, -0.1) is 0 Å². The van der Waals surface area contributed by atoms with Crippen molar-refractivity contribution in [1.29, 1.82) is 0 Å². The van der Waals surface area contributed by atoms with Crippen molar-refractivity contribution < 1.29 is 22.7 Å². The van der Waals surface area contributed by atoms with Crippen LogP contribution < -0.4 is 11.1 Å². The molecule has 0 aliphatic carbocycles. The zero-order chi connectivity index (χ0) is 17.7. The molecule has 0 atom stereocenters. The summed E-state index contributed by atoms with van der Waals surface area (Å²) in [5.74, 6) is 0. The van der Waals surface area contributed by atoms with Crippen molar-refractivity contribution in [3.8, 4) is 0 Å². The van der Waals surface area contributed by atoms with Crippen LogP contribution in [-0.2, 0) is 10.9 Å². The minimum absolute atomic E-state index is 0.259. The molecule has 0 radical (unpaired) electrons. The standard InChI is InChI=1S/C16H21F3N2O2/c1-15(2,3)23-14(22)21-9-5-4-6-11-10-12(16(17,18)19)7-8-13(11)20/h4,6-8,10H,5,9,20H2,1-3H3,(H,21,22). The predicted molar refractivity (Wildman–Crippen MR) is 83.7 cm³/mol. The Morgan fingerprint density at radius 3 is 2.52 bits per heavy atom. The number of ether oxygens (including phenoxy) is 1. The topological polar surface area (TPSA) is 64.3 Å². The molecule has 0 aliphatic rings. The van der Waals surface area contributed by atoms with E-state index in [0.717, 1.165) is 12.1 Å². The molecule has 1 aromatic rings.